The second kappa shape index (κ2) is 6.85. The molecule has 0 radical (unpaired) electrons. The number of hydrogen-bond donors (Lipinski definition) is 2. The highest BCUT2D eigenvalue weighted by Crippen LogP contribution is 2.41. The fourth-order valence-corrected chi connectivity index (χ4v) is 2.26. The van der Waals surface area contributed by atoms with Crippen molar-refractivity contribution in [2.24, 2.45) is 0 Å². The zero-order valence-electron chi connectivity index (χ0n) is 12.8. The zero-order chi connectivity index (χ0) is 16.2. The van der Waals surface area contributed by atoms with Gasteiger partial charge in [0.15, 0.2) is 11.5 Å². The molecule has 1 aliphatic rings. The summed E-state index contributed by atoms with van der Waals surface area (Å²) in [5, 5.41) is 19.0. The SMILES string of the molecule is CC(O)CCOc1ccc(Oc2cccc3c2OCC3O)cn1. The van der Waals surface area contributed by atoms with Crippen molar-refractivity contribution in [3.05, 3.63) is 42.1 Å². The lowest BCUT2D eigenvalue weighted by Gasteiger charge is -2.10. The minimum absolute atomic E-state index is 0.240. The first kappa shape index (κ1) is 15.6. The minimum Gasteiger partial charge on any atom is -0.486 e. The molecule has 6 nitrogen and oxygen atoms in total. The Bertz CT molecular complexity index is 657. The van der Waals surface area contributed by atoms with E-state index in [1.165, 1.54) is 0 Å². The van der Waals surface area contributed by atoms with Gasteiger partial charge in [0, 0.05) is 18.1 Å². The standard InChI is InChI=1S/C17H19NO5/c1-11(19)7-8-21-16-6-5-12(9-18-16)23-15-4-2-3-13-14(20)10-22-17(13)15/h2-6,9,11,14,19-20H,7-8,10H2,1H3. The average molecular weight is 317 g/mol. The first-order valence-electron chi connectivity index (χ1n) is 7.52. The quantitative estimate of drug-likeness (QED) is 0.852. The molecule has 2 heterocycles. The van der Waals surface area contributed by atoms with Crippen LogP contribution in [0.25, 0.3) is 0 Å². The first-order valence-corrected chi connectivity index (χ1v) is 7.52. The summed E-state index contributed by atoms with van der Waals surface area (Å²) in [6.07, 6.45) is 1.10. The molecular weight excluding hydrogens is 298 g/mol. The van der Waals surface area contributed by atoms with E-state index in [2.05, 4.69) is 4.98 Å². The van der Waals surface area contributed by atoms with E-state index < -0.39 is 12.2 Å². The molecule has 0 aliphatic carbocycles. The van der Waals surface area contributed by atoms with Gasteiger partial charge in [-0.2, -0.15) is 0 Å². The van der Waals surface area contributed by atoms with Crippen LogP contribution >= 0.6 is 0 Å². The molecule has 1 aromatic carbocycles. The number of ether oxygens (including phenoxy) is 3. The average Bonchev–Trinajstić information content (AvgIpc) is 2.91. The van der Waals surface area contributed by atoms with Gasteiger partial charge in [0.1, 0.15) is 18.5 Å². The van der Waals surface area contributed by atoms with E-state index in [9.17, 15) is 10.2 Å². The van der Waals surface area contributed by atoms with Gasteiger partial charge in [-0.15, -0.1) is 0 Å². The van der Waals surface area contributed by atoms with Crippen molar-refractivity contribution in [2.75, 3.05) is 13.2 Å². The molecule has 0 spiro atoms. The molecule has 2 N–H and O–H groups in total. The number of aliphatic hydroxyl groups is 2. The molecule has 0 amide bonds. The number of aromatic nitrogens is 1. The van der Waals surface area contributed by atoms with Crippen molar-refractivity contribution in [3.63, 3.8) is 0 Å². The summed E-state index contributed by atoms with van der Waals surface area (Å²) in [7, 11) is 0. The van der Waals surface area contributed by atoms with E-state index in [0.717, 1.165) is 5.56 Å². The van der Waals surface area contributed by atoms with Crippen LogP contribution in [0.4, 0.5) is 0 Å². The van der Waals surface area contributed by atoms with Crippen molar-refractivity contribution in [3.8, 4) is 23.1 Å². The van der Waals surface area contributed by atoms with Gasteiger partial charge in [-0.25, -0.2) is 4.98 Å². The number of fused-ring (bicyclic) bond motifs is 1. The summed E-state index contributed by atoms with van der Waals surface area (Å²) in [5.41, 5.74) is 0.730. The molecule has 0 saturated carbocycles. The lowest BCUT2D eigenvalue weighted by atomic mass is 10.1. The Balaban J connectivity index is 1.65. The number of nitrogens with zero attached hydrogens (tertiary/aromatic N) is 1. The molecule has 2 aromatic rings. The highest BCUT2D eigenvalue weighted by molar-refractivity contribution is 5.51. The lowest BCUT2D eigenvalue weighted by Crippen LogP contribution is -2.07. The molecule has 6 heteroatoms. The summed E-state index contributed by atoms with van der Waals surface area (Å²) in [6.45, 7) is 2.36. The number of pyridine rings is 1. The van der Waals surface area contributed by atoms with E-state index in [0.29, 0.717) is 36.2 Å². The van der Waals surface area contributed by atoms with Gasteiger partial charge in [0.2, 0.25) is 5.88 Å². The Hall–Kier alpha value is -2.31. The van der Waals surface area contributed by atoms with Crippen LogP contribution < -0.4 is 14.2 Å². The maximum atomic E-state index is 9.80. The van der Waals surface area contributed by atoms with Crippen LogP contribution in [0.2, 0.25) is 0 Å². The topological polar surface area (TPSA) is 81.0 Å². The Morgan fingerprint density at radius 3 is 2.96 bits per heavy atom. The highest BCUT2D eigenvalue weighted by Gasteiger charge is 2.25. The Morgan fingerprint density at radius 1 is 1.35 bits per heavy atom. The summed E-state index contributed by atoms with van der Waals surface area (Å²) in [4.78, 5) is 4.16. The second-order valence-electron chi connectivity index (χ2n) is 5.42. The van der Waals surface area contributed by atoms with E-state index in [4.69, 9.17) is 14.2 Å². The van der Waals surface area contributed by atoms with Crippen LogP contribution in [-0.2, 0) is 0 Å². The Morgan fingerprint density at radius 2 is 2.22 bits per heavy atom. The van der Waals surface area contributed by atoms with E-state index >= 15 is 0 Å². The van der Waals surface area contributed by atoms with Gasteiger partial charge in [-0.1, -0.05) is 12.1 Å². The molecule has 3 rings (SSSR count). The van der Waals surface area contributed by atoms with Gasteiger partial charge in [-0.3, -0.25) is 0 Å². The van der Waals surface area contributed by atoms with Gasteiger partial charge in [-0.05, 0) is 19.1 Å². The molecule has 1 aliphatic heterocycles. The van der Waals surface area contributed by atoms with Gasteiger partial charge in [0.25, 0.3) is 0 Å². The van der Waals surface area contributed by atoms with E-state index in [-0.39, 0.29) is 6.61 Å². The lowest BCUT2D eigenvalue weighted by molar-refractivity contribution is 0.140. The smallest absolute Gasteiger partial charge is 0.213 e. The van der Waals surface area contributed by atoms with Crippen molar-refractivity contribution in [1.29, 1.82) is 0 Å². The summed E-state index contributed by atoms with van der Waals surface area (Å²) < 4.78 is 16.7. The second-order valence-corrected chi connectivity index (χ2v) is 5.42. The maximum absolute atomic E-state index is 9.80. The predicted octanol–water partition coefficient (Wildman–Crippen LogP) is 2.45. The van der Waals surface area contributed by atoms with Crippen LogP contribution in [0.3, 0.4) is 0 Å². The summed E-state index contributed by atoms with van der Waals surface area (Å²) in [5.74, 6) is 2.13. The van der Waals surface area contributed by atoms with E-state index in [1.807, 2.05) is 12.1 Å². The van der Waals surface area contributed by atoms with Crippen LogP contribution in [0.1, 0.15) is 25.0 Å². The number of para-hydroxylation sites is 1. The predicted molar refractivity (Wildman–Crippen MR) is 83.0 cm³/mol. The van der Waals surface area contributed by atoms with Crippen molar-refractivity contribution in [2.45, 2.75) is 25.6 Å². The summed E-state index contributed by atoms with van der Waals surface area (Å²) in [6, 6.07) is 8.86. The van der Waals surface area contributed by atoms with E-state index in [1.54, 1.807) is 31.3 Å². The number of benzene rings is 1. The molecule has 122 valence electrons. The van der Waals surface area contributed by atoms with Gasteiger partial charge < -0.3 is 24.4 Å². The monoisotopic (exact) mass is 317 g/mol. The summed E-state index contributed by atoms with van der Waals surface area (Å²) >= 11 is 0. The molecular formula is C17H19NO5. The van der Waals surface area contributed by atoms with Gasteiger partial charge >= 0.3 is 0 Å². The molecule has 0 saturated heterocycles. The highest BCUT2D eigenvalue weighted by atomic mass is 16.5. The Kier molecular flexibility index (Phi) is 4.64. The number of aliphatic hydroxyl groups excluding tert-OH is 2. The van der Waals surface area contributed by atoms with Crippen LogP contribution in [0, 0.1) is 0 Å². The number of rotatable bonds is 6. The fraction of sp³-hybridized carbons (Fsp3) is 0.353. The first-order chi connectivity index (χ1) is 11.1. The third-order valence-corrected chi connectivity index (χ3v) is 3.48. The van der Waals surface area contributed by atoms with Crippen molar-refractivity contribution in [1.82, 2.24) is 4.98 Å². The molecule has 0 bridgehead atoms. The van der Waals surface area contributed by atoms with Crippen LogP contribution in [0.15, 0.2) is 36.5 Å². The number of hydrogen-bond acceptors (Lipinski definition) is 6. The largest absolute Gasteiger partial charge is 0.486 e. The van der Waals surface area contributed by atoms with Gasteiger partial charge in [0.05, 0.1) is 18.9 Å². The molecule has 2 atom stereocenters. The minimum atomic E-state index is -0.614. The molecule has 23 heavy (non-hydrogen) atoms. The maximum Gasteiger partial charge on any atom is 0.213 e. The Labute approximate surface area is 134 Å². The fourth-order valence-electron chi connectivity index (χ4n) is 2.26. The molecule has 2 unspecified atom stereocenters. The zero-order valence-corrected chi connectivity index (χ0v) is 12.8. The third-order valence-electron chi connectivity index (χ3n) is 3.48. The normalized spacial score (nSPS) is 17.3. The van der Waals surface area contributed by atoms with Crippen molar-refractivity contribution >= 4 is 0 Å². The molecule has 1 aromatic heterocycles. The van der Waals surface area contributed by atoms with Crippen LogP contribution in [0.5, 0.6) is 23.1 Å². The molecule has 0 fully saturated rings. The third kappa shape index (κ3) is 3.72. The van der Waals surface area contributed by atoms with Crippen LogP contribution in [-0.4, -0.2) is 34.5 Å². The van der Waals surface area contributed by atoms with Crippen molar-refractivity contribution < 1.29 is 24.4 Å².